The van der Waals surface area contributed by atoms with Crippen molar-refractivity contribution in [3.05, 3.63) is 41.3 Å². The highest BCUT2D eigenvalue weighted by Crippen LogP contribution is 2.36. The Bertz CT molecular complexity index is 653. The Hall–Kier alpha value is -2.34. The van der Waals surface area contributed by atoms with Gasteiger partial charge in [0.25, 0.3) is 0 Å². The van der Waals surface area contributed by atoms with Crippen LogP contribution in [0.15, 0.2) is 35.7 Å². The summed E-state index contributed by atoms with van der Waals surface area (Å²) in [7, 11) is 0. The van der Waals surface area contributed by atoms with E-state index in [-0.39, 0.29) is 12.6 Å². The first-order chi connectivity index (χ1) is 10.7. The second-order valence-electron chi connectivity index (χ2n) is 4.42. The van der Waals surface area contributed by atoms with Gasteiger partial charge in [0.1, 0.15) is 10.6 Å². The van der Waals surface area contributed by atoms with E-state index in [1.54, 1.807) is 6.92 Å². The molecule has 116 valence electrons. The fourth-order valence-corrected chi connectivity index (χ4v) is 2.95. The van der Waals surface area contributed by atoms with Crippen LogP contribution in [0.3, 0.4) is 0 Å². The van der Waals surface area contributed by atoms with E-state index in [0.717, 1.165) is 11.1 Å². The number of ether oxygens (including phenoxy) is 1. The van der Waals surface area contributed by atoms with E-state index in [1.807, 2.05) is 42.6 Å². The zero-order valence-electron chi connectivity index (χ0n) is 12.5. The third-order valence-corrected chi connectivity index (χ3v) is 3.82. The first kappa shape index (κ1) is 16.0. The Morgan fingerprint density at radius 3 is 2.55 bits per heavy atom. The van der Waals surface area contributed by atoms with Gasteiger partial charge in [-0.25, -0.2) is 9.59 Å². The Labute approximate surface area is 133 Å². The number of urea groups is 1. The molecule has 0 bridgehead atoms. The van der Waals surface area contributed by atoms with Crippen LogP contribution in [0.25, 0.3) is 11.1 Å². The summed E-state index contributed by atoms with van der Waals surface area (Å²) in [5.41, 5.74) is 2.06. The van der Waals surface area contributed by atoms with E-state index in [4.69, 9.17) is 4.74 Å². The number of carbonyl (C=O) groups is 2. The Balaban J connectivity index is 2.40. The fourth-order valence-electron chi connectivity index (χ4n) is 1.99. The zero-order valence-corrected chi connectivity index (χ0v) is 13.3. The van der Waals surface area contributed by atoms with E-state index < -0.39 is 5.97 Å². The maximum absolute atomic E-state index is 12.3. The standard InChI is InChI=1S/C16H18N2O3S/c1-3-17-16(20)18-14-13(15(19)21-4-2)12(10-22-14)11-8-6-5-7-9-11/h5-10H,3-4H2,1-2H3,(H2,17,18,20). The van der Waals surface area contributed by atoms with Crippen molar-refractivity contribution in [3.8, 4) is 11.1 Å². The molecule has 0 atom stereocenters. The number of nitrogens with one attached hydrogen (secondary N) is 2. The van der Waals surface area contributed by atoms with Gasteiger partial charge in [0.2, 0.25) is 0 Å². The first-order valence-corrected chi connectivity index (χ1v) is 7.94. The van der Waals surface area contributed by atoms with Crippen molar-refractivity contribution in [2.24, 2.45) is 0 Å². The maximum Gasteiger partial charge on any atom is 0.341 e. The van der Waals surface area contributed by atoms with Gasteiger partial charge in [-0.1, -0.05) is 30.3 Å². The van der Waals surface area contributed by atoms with Crippen molar-refractivity contribution in [2.45, 2.75) is 13.8 Å². The SMILES string of the molecule is CCNC(=O)Nc1scc(-c2ccccc2)c1C(=O)OCC. The Kier molecular flexibility index (Phi) is 5.55. The van der Waals surface area contributed by atoms with Gasteiger partial charge in [0.05, 0.1) is 6.61 Å². The van der Waals surface area contributed by atoms with Gasteiger partial charge in [0, 0.05) is 17.5 Å². The molecular formula is C16H18N2O3S. The minimum absolute atomic E-state index is 0.281. The van der Waals surface area contributed by atoms with E-state index in [0.29, 0.717) is 17.1 Å². The van der Waals surface area contributed by atoms with Crippen molar-refractivity contribution >= 4 is 28.3 Å². The molecule has 1 heterocycles. The van der Waals surface area contributed by atoms with Crippen LogP contribution < -0.4 is 10.6 Å². The molecule has 0 aliphatic rings. The zero-order chi connectivity index (χ0) is 15.9. The number of rotatable bonds is 5. The summed E-state index contributed by atoms with van der Waals surface area (Å²) in [6, 6.07) is 9.21. The van der Waals surface area contributed by atoms with Crippen molar-refractivity contribution in [2.75, 3.05) is 18.5 Å². The van der Waals surface area contributed by atoms with Gasteiger partial charge in [-0.15, -0.1) is 11.3 Å². The van der Waals surface area contributed by atoms with Gasteiger partial charge in [-0.3, -0.25) is 5.32 Å². The van der Waals surface area contributed by atoms with Crippen molar-refractivity contribution in [1.82, 2.24) is 5.32 Å². The smallest absolute Gasteiger partial charge is 0.341 e. The highest BCUT2D eigenvalue weighted by atomic mass is 32.1. The summed E-state index contributed by atoms with van der Waals surface area (Å²) >= 11 is 1.31. The number of thiophene rings is 1. The van der Waals surface area contributed by atoms with Crippen LogP contribution in [0.2, 0.25) is 0 Å². The summed E-state index contributed by atoms with van der Waals surface area (Å²) in [4.78, 5) is 24.0. The molecule has 0 radical (unpaired) electrons. The van der Waals surface area contributed by atoms with E-state index in [1.165, 1.54) is 11.3 Å². The summed E-state index contributed by atoms with van der Waals surface area (Å²) < 4.78 is 5.13. The number of benzene rings is 1. The van der Waals surface area contributed by atoms with Crippen LogP contribution >= 0.6 is 11.3 Å². The highest BCUT2D eigenvalue weighted by Gasteiger charge is 2.22. The van der Waals surface area contributed by atoms with Crippen LogP contribution in [-0.4, -0.2) is 25.2 Å². The largest absolute Gasteiger partial charge is 0.462 e. The number of anilines is 1. The first-order valence-electron chi connectivity index (χ1n) is 7.06. The Morgan fingerprint density at radius 1 is 1.18 bits per heavy atom. The predicted octanol–water partition coefficient (Wildman–Crippen LogP) is 3.73. The second-order valence-corrected chi connectivity index (χ2v) is 5.30. The third-order valence-electron chi connectivity index (χ3n) is 2.92. The van der Waals surface area contributed by atoms with Crippen molar-refractivity contribution < 1.29 is 14.3 Å². The number of hydrogen-bond donors (Lipinski definition) is 2. The summed E-state index contributed by atoms with van der Waals surface area (Å²) in [5, 5.41) is 7.69. The van der Waals surface area contributed by atoms with Crippen molar-refractivity contribution in [3.63, 3.8) is 0 Å². The normalized spacial score (nSPS) is 10.1. The molecule has 1 aromatic heterocycles. The van der Waals surface area contributed by atoms with Crippen LogP contribution in [-0.2, 0) is 4.74 Å². The maximum atomic E-state index is 12.3. The number of amides is 2. The molecule has 5 nitrogen and oxygen atoms in total. The molecule has 0 spiro atoms. The molecule has 0 saturated carbocycles. The fraction of sp³-hybridized carbons (Fsp3) is 0.250. The monoisotopic (exact) mass is 318 g/mol. The lowest BCUT2D eigenvalue weighted by molar-refractivity contribution is 0.0529. The number of esters is 1. The van der Waals surface area contributed by atoms with Crippen LogP contribution in [0.1, 0.15) is 24.2 Å². The van der Waals surface area contributed by atoms with E-state index in [9.17, 15) is 9.59 Å². The highest BCUT2D eigenvalue weighted by molar-refractivity contribution is 7.15. The molecule has 22 heavy (non-hydrogen) atoms. The molecule has 2 amide bonds. The molecule has 2 N–H and O–H groups in total. The van der Waals surface area contributed by atoms with Gasteiger partial charge in [-0.2, -0.15) is 0 Å². The average molecular weight is 318 g/mol. The summed E-state index contributed by atoms with van der Waals surface area (Å²) in [5.74, 6) is -0.436. The van der Waals surface area contributed by atoms with Crippen LogP contribution in [0, 0.1) is 0 Å². The number of hydrogen-bond acceptors (Lipinski definition) is 4. The topological polar surface area (TPSA) is 67.4 Å². The molecular weight excluding hydrogens is 300 g/mol. The van der Waals surface area contributed by atoms with E-state index >= 15 is 0 Å². The van der Waals surface area contributed by atoms with Gasteiger partial charge in [0.15, 0.2) is 0 Å². The Morgan fingerprint density at radius 2 is 1.91 bits per heavy atom. The minimum atomic E-state index is -0.436. The quantitative estimate of drug-likeness (QED) is 0.825. The van der Waals surface area contributed by atoms with Crippen LogP contribution in [0.5, 0.6) is 0 Å². The lowest BCUT2D eigenvalue weighted by Crippen LogP contribution is -2.28. The summed E-state index contributed by atoms with van der Waals surface area (Å²) in [6.07, 6.45) is 0. The third kappa shape index (κ3) is 3.65. The molecule has 2 aromatic rings. The van der Waals surface area contributed by atoms with Gasteiger partial charge >= 0.3 is 12.0 Å². The minimum Gasteiger partial charge on any atom is -0.462 e. The summed E-state index contributed by atoms with van der Waals surface area (Å²) in [6.45, 7) is 4.38. The van der Waals surface area contributed by atoms with Crippen LogP contribution in [0.4, 0.5) is 9.80 Å². The molecule has 1 aromatic carbocycles. The molecule has 2 rings (SSSR count). The second kappa shape index (κ2) is 7.61. The van der Waals surface area contributed by atoms with Gasteiger partial charge < -0.3 is 10.1 Å². The molecule has 0 saturated heterocycles. The average Bonchev–Trinajstić information content (AvgIpc) is 2.92. The lowest BCUT2D eigenvalue weighted by atomic mass is 10.0. The molecule has 0 fully saturated rings. The molecule has 0 aliphatic heterocycles. The van der Waals surface area contributed by atoms with Crippen molar-refractivity contribution in [1.29, 1.82) is 0 Å². The number of carbonyl (C=O) groups excluding carboxylic acids is 2. The molecule has 0 unspecified atom stereocenters. The van der Waals surface area contributed by atoms with Gasteiger partial charge in [-0.05, 0) is 19.4 Å². The molecule has 0 aliphatic carbocycles. The molecule has 6 heteroatoms. The van der Waals surface area contributed by atoms with E-state index in [2.05, 4.69) is 10.6 Å². The predicted molar refractivity (Wildman–Crippen MR) is 88.4 cm³/mol. The lowest BCUT2D eigenvalue weighted by Gasteiger charge is -2.09.